The van der Waals surface area contributed by atoms with Gasteiger partial charge in [0.2, 0.25) is 0 Å². The van der Waals surface area contributed by atoms with E-state index in [4.69, 9.17) is 20.4 Å². The summed E-state index contributed by atoms with van der Waals surface area (Å²) < 4.78 is 0.699. The minimum Gasteiger partial charge on any atom is -0.870 e. The van der Waals surface area contributed by atoms with Crippen molar-refractivity contribution in [1.29, 1.82) is 0 Å². The Morgan fingerprint density at radius 3 is 0.750 bits per heavy atom. The third-order valence-electron chi connectivity index (χ3n) is 4.90. The van der Waals surface area contributed by atoms with Gasteiger partial charge in [0.25, 0.3) is 0 Å². The molecule has 4 atom stereocenters. The van der Waals surface area contributed by atoms with Crippen molar-refractivity contribution in [2.75, 3.05) is 78.8 Å². The summed E-state index contributed by atoms with van der Waals surface area (Å²) >= 11 is 0. The molecule has 4 unspecified atom stereocenters. The number of quaternary nitrogens is 2. The first kappa shape index (κ1) is 38.8. The second kappa shape index (κ2) is 21.1. The van der Waals surface area contributed by atoms with Gasteiger partial charge in [-0.1, -0.05) is 0 Å². The summed E-state index contributed by atoms with van der Waals surface area (Å²) in [5, 5.41) is 73.5. The molecular weight excluding hydrogens is 428 g/mol. The van der Waals surface area contributed by atoms with Crippen molar-refractivity contribution in [1.82, 2.24) is 0 Å². The summed E-state index contributed by atoms with van der Waals surface area (Å²) in [5.74, 6) is 0. The van der Waals surface area contributed by atoms with Gasteiger partial charge in [0.05, 0.1) is 26.4 Å². The van der Waals surface area contributed by atoms with E-state index < -0.39 is 24.4 Å². The van der Waals surface area contributed by atoms with Crippen LogP contribution in [-0.4, -0.2) is 164 Å². The number of nitrogens with zero attached hydrogens (tertiary/aromatic N) is 2. The van der Waals surface area contributed by atoms with Crippen molar-refractivity contribution in [3.63, 3.8) is 0 Å². The normalized spacial score (nSPS) is 16.9. The van der Waals surface area contributed by atoms with Crippen LogP contribution >= 0.6 is 0 Å². The molecular formula is C20H50N2O10. The lowest BCUT2D eigenvalue weighted by Crippen LogP contribution is -2.60. The fourth-order valence-corrected chi connectivity index (χ4v) is 4.21. The van der Waals surface area contributed by atoms with E-state index in [1.807, 2.05) is 0 Å². The standard InChI is InChI=1S/C12H28NO4.C8H20NO4.2H2O/c1-9(14)5-13(6-10(2)15,7-11(3)16)8-12(4)17;10-5-1-9(2-6-11,3-7-12)4-8-13;;/h9-12,14-17H,5-8H2,1-4H3;10-13H,1-8H2;2*1H2/q2*+1;;/p-2. The number of rotatable bonds is 16. The third-order valence-corrected chi connectivity index (χ3v) is 4.90. The fraction of sp³-hybridized carbons (Fsp3) is 1.00. The summed E-state index contributed by atoms with van der Waals surface area (Å²) in [6.07, 6.45) is -2.14. The molecule has 0 aromatic carbocycles. The Morgan fingerprint density at radius 1 is 0.438 bits per heavy atom. The van der Waals surface area contributed by atoms with Crippen LogP contribution in [0.4, 0.5) is 0 Å². The van der Waals surface area contributed by atoms with E-state index in [1.165, 1.54) is 0 Å². The van der Waals surface area contributed by atoms with Crippen molar-refractivity contribution >= 4 is 0 Å². The monoisotopic (exact) mass is 478 g/mol. The Labute approximate surface area is 192 Å². The van der Waals surface area contributed by atoms with Crippen LogP contribution in [0.25, 0.3) is 0 Å². The van der Waals surface area contributed by atoms with E-state index >= 15 is 0 Å². The Balaban J connectivity index is -0.000000238. The predicted octanol–water partition coefficient (Wildman–Crippen LogP) is -3.25. The van der Waals surface area contributed by atoms with Crippen LogP contribution in [0.5, 0.6) is 0 Å². The van der Waals surface area contributed by atoms with E-state index in [1.54, 1.807) is 27.7 Å². The van der Waals surface area contributed by atoms with Gasteiger partial charge in [-0.05, 0) is 27.7 Å². The molecule has 0 aromatic heterocycles. The summed E-state index contributed by atoms with van der Waals surface area (Å²) in [6.45, 7) is 10.2. The lowest BCUT2D eigenvalue weighted by atomic mass is 10.1. The number of hydrogen-bond acceptors (Lipinski definition) is 10. The molecule has 32 heavy (non-hydrogen) atoms. The van der Waals surface area contributed by atoms with Gasteiger partial charge >= 0.3 is 0 Å². The predicted molar refractivity (Wildman–Crippen MR) is 118 cm³/mol. The zero-order valence-electron chi connectivity index (χ0n) is 20.2. The zero-order valence-corrected chi connectivity index (χ0v) is 20.2. The first-order chi connectivity index (χ1) is 13.9. The van der Waals surface area contributed by atoms with Crippen molar-refractivity contribution in [3.8, 4) is 0 Å². The summed E-state index contributed by atoms with van der Waals surface area (Å²) in [7, 11) is 0. The van der Waals surface area contributed by atoms with Crippen LogP contribution in [-0.2, 0) is 0 Å². The Hall–Kier alpha value is -0.480. The molecule has 0 bridgehead atoms. The molecule has 0 spiro atoms. The molecule has 12 nitrogen and oxygen atoms in total. The minimum atomic E-state index is -0.536. The molecule has 0 radical (unpaired) electrons. The minimum absolute atomic E-state index is 0. The molecule has 0 fully saturated rings. The second-order valence-corrected chi connectivity index (χ2v) is 8.60. The molecule has 12 heteroatoms. The highest BCUT2D eigenvalue weighted by atomic mass is 16.3. The van der Waals surface area contributed by atoms with E-state index in [-0.39, 0.29) is 37.4 Å². The molecule has 0 aliphatic heterocycles. The molecule has 0 heterocycles. The maximum absolute atomic E-state index is 9.57. The van der Waals surface area contributed by atoms with Gasteiger partial charge in [0, 0.05) is 0 Å². The van der Waals surface area contributed by atoms with Crippen molar-refractivity contribution in [3.05, 3.63) is 0 Å². The van der Waals surface area contributed by atoms with Gasteiger partial charge in [0.15, 0.2) is 0 Å². The molecule has 0 aliphatic carbocycles. The SMILES string of the molecule is CC(O)C[N+](CC(C)O)(CC(C)O)CC(C)O.OCC[N+](CCO)(CCO)CCO.[OH-].[OH-]. The lowest BCUT2D eigenvalue weighted by molar-refractivity contribution is -0.938. The van der Waals surface area contributed by atoms with Crippen molar-refractivity contribution in [2.24, 2.45) is 0 Å². The van der Waals surface area contributed by atoms with Gasteiger partial charge in [-0.3, -0.25) is 0 Å². The molecule has 0 amide bonds. The molecule has 0 aromatic rings. The Bertz CT molecular complexity index is 324. The molecule has 0 saturated carbocycles. The first-order valence-electron chi connectivity index (χ1n) is 10.8. The van der Waals surface area contributed by atoms with Crippen LogP contribution in [0.1, 0.15) is 27.7 Å². The summed E-state index contributed by atoms with van der Waals surface area (Å²) in [5.41, 5.74) is 0. The van der Waals surface area contributed by atoms with Crippen molar-refractivity contribution < 1.29 is 60.8 Å². The van der Waals surface area contributed by atoms with Crippen LogP contribution in [0.15, 0.2) is 0 Å². The Kier molecular flexibility index (Phi) is 25.5. The van der Waals surface area contributed by atoms with Gasteiger partial charge in [-0.2, -0.15) is 0 Å². The van der Waals surface area contributed by atoms with Crippen LogP contribution in [0, 0.1) is 0 Å². The maximum Gasteiger partial charge on any atom is 0.105 e. The van der Waals surface area contributed by atoms with Gasteiger partial charge < -0.3 is 60.8 Å². The van der Waals surface area contributed by atoms with Crippen LogP contribution in [0.3, 0.4) is 0 Å². The molecule has 0 rings (SSSR count). The molecule has 0 saturated heterocycles. The lowest BCUT2D eigenvalue weighted by Gasteiger charge is -2.42. The van der Waals surface area contributed by atoms with E-state index in [0.717, 1.165) is 0 Å². The summed E-state index contributed by atoms with van der Waals surface area (Å²) in [4.78, 5) is 0. The zero-order chi connectivity index (χ0) is 23.8. The van der Waals surface area contributed by atoms with Crippen molar-refractivity contribution in [2.45, 2.75) is 52.1 Å². The largest absolute Gasteiger partial charge is 0.870 e. The quantitative estimate of drug-likeness (QED) is 0.103. The maximum atomic E-state index is 9.57. The van der Waals surface area contributed by atoms with Gasteiger partial charge in [-0.15, -0.1) is 0 Å². The summed E-state index contributed by atoms with van der Waals surface area (Å²) in [6, 6.07) is 0. The highest BCUT2D eigenvalue weighted by Crippen LogP contribution is 2.14. The number of hydrogen-bond donors (Lipinski definition) is 8. The average Bonchev–Trinajstić information content (AvgIpc) is 2.53. The van der Waals surface area contributed by atoms with E-state index in [2.05, 4.69) is 0 Å². The fourth-order valence-electron chi connectivity index (χ4n) is 4.21. The molecule has 10 N–H and O–H groups in total. The topological polar surface area (TPSA) is 222 Å². The van der Waals surface area contributed by atoms with E-state index in [0.29, 0.717) is 61.3 Å². The highest BCUT2D eigenvalue weighted by molar-refractivity contribution is 4.59. The van der Waals surface area contributed by atoms with Crippen LogP contribution in [0.2, 0.25) is 0 Å². The first-order valence-corrected chi connectivity index (χ1v) is 10.8. The highest BCUT2D eigenvalue weighted by Gasteiger charge is 2.33. The van der Waals surface area contributed by atoms with Crippen LogP contribution < -0.4 is 0 Å². The number of aliphatic hydroxyl groups is 8. The van der Waals surface area contributed by atoms with Gasteiger partial charge in [-0.25, -0.2) is 0 Å². The molecule has 200 valence electrons. The Morgan fingerprint density at radius 2 is 0.625 bits per heavy atom. The number of aliphatic hydroxyl groups excluding tert-OH is 8. The molecule has 0 aliphatic rings. The smallest absolute Gasteiger partial charge is 0.105 e. The third kappa shape index (κ3) is 19.0. The average molecular weight is 479 g/mol. The second-order valence-electron chi connectivity index (χ2n) is 8.60. The van der Waals surface area contributed by atoms with Gasteiger partial charge in [0.1, 0.15) is 76.8 Å². The van der Waals surface area contributed by atoms with E-state index in [9.17, 15) is 20.4 Å².